The van der Waals surface area contributed by atoms with Gasteiger partial charge in [-0.2, -0.15) is 0 Å². The third-order valence-electron chi connectivity index (χ3n) is 10.5. The molecule has 0 aromatic heterocycles. The van der Waals surface area contributed by atoms with Gasteiger partial charge in [0.25, 0.3) is 0 Å². The number of fused-ring (bicyclic) bond motifs is 2. The lowest BCUT2D eigenvalue weighted by atomic mass is 9.51. The number of benzene rings is 1. The Morgan fingerprint density at radius 1 is 1.00 bits per heavy atom. The molecule has 3 heterocycles. The van der Waals surface area contributed by atoms with Crippen LogP contribution in [0, 0.1) is 11.8 Å². The molecule has 2 fully saturated rings. The van der Waals surface area contributed by atoms with Gasteiger partial charge in [-0.05, 0) is 93.2 Å². The Balaban J connectivity index is 1.59. The molecule has 4 bridgehead atoms. The average molecular weight is 629 g/mol. The summed E-state index contributed by atoms with van der Waals surface area (Å²) < 4.78 is 20.6. The van der Waals surface area contributed by atoms with Crippen molar-refractivity contribution < 1.29 is 38.8 Å². The Hall–Kier alpha value is -3.91. The summed E-state index contributed by atoms with van der Waals surface area (Å²) in [6, 6.07) is 0. The predicted molar refractivity (Wildman–Crippen MR) is 174 cm³/mol. The zero-order valence-electron chi connectivity index (χ0n) is 28.0. The van der Waals surface area contributed by atoms with Crippen molar-refractivity contribution in [3.05, 3.63) is 69.4 Å². The number of hydrogen-bond acceptors (Lipinski definition) is 7. The van der Waals surface area contributed by atoms with Crippen molar-refractivity contribution in [3.63, 3.8) is 0 Å². The number of ether oxygens (including phenoxy) is 3. The average Bonchev–Trinajstić information content (AvgIpc) is 3.12. The van der Waals surface area contributed by atoms with Gasteiger partial charge >= 0.3 is 5.97 Å². The summed E-state index contributed by atoms with van der Waals surface area (Å²) in [6.45, 7) is 15.4. The SMILES string of the molecule is CC(C)=CCC[C@]1(C)C=Cc2c(O)c3c(c(CC=C(C)C)c2O1)OC12C(=CC4CC1C(C)(C)OC2(CC=C(C)C(=O)O)C4=O)C3=O. The van der Waals surface area contributed by atoms with Gasteiger partial charge in [0.05, 0.1) is 11.2 Å². The smallest absolute Gasteiger partial charge is 0.330 e. The summed E-state index contributed by atoms with van der Waals surface area (Å²) in [5.74, 6) is -2.28. The van der Waals surface area contributed by atoms with Crippen LogP contribution in [-0.4, -0.2) is 50.2 Å². The van der Waals surface area contributed by atoms with E-state index in [1.165, 1.54) is 18.6 Å². The number of carbonyl (C=O) groups is 3. The fourth-order valence-corrected chi connectivity index (χ4v) is 8.17. The predicted octanol–water partition coefficient (Wildman–Crippen LogP) is 7.24. The molecule has 8 heteroatoms. The fraction of sp³-hybridized carbons (Fsp3) is 0.500. The molecule has 1 saturated carbocycles. The molecular formula is C38H44O8. The standard InChI is InChI=1S/C38H44O8/c1-20(2)10-9-15-36(8)16-14-24-29(39)28-30(40)26-18-23-19-27-35(6,7)46-37(33(23)41,17-13-22(5)34(42)43)38(26,27)45-32(28)25(31(24)44-36)12-11-21(3)4/h10-11,13-14,16,18,23,27,39H,9,12,15,17,19H2,1-8H3,(H,42,43)/t23?,27?,36-,37?,38?/m1/s1. The first kappa shape index (κ1) is 32.0. The Labute approximate surface area is 270 Å². The fourth-order valence-electron chi connectivity index (χ4n) is 8.17. The highest BCUT2D eigenvalue weighted by atomic mass is 16.6. The Morgan fingerprint density at radius 3 is 2.35 bits per heavy atom. The molecule has 1 aromatic rings. The van der Waals surface area contributed by atoms with Gasteiger partial charge in [0, 0.05) is 35.0 Å². The Kier molecular flexibility index (Phi) is 7.36. The van der Waals surface area contributed by atoms with Crippen molar-refractivity contribution in [2.24, 2.45) is 11.8 Å². The summed E-state index contributed by atoms with van der Waals surface area (Å²) in [7, 11) is 0. The monoisotopic (exact) mass is 628 g/mol. The molecular weight excluding hydrogens is 584 g/mol. The van der Waals surface area contributed by atoms with Crippen molar-refractivity contribution in [1.29, 1.82) is 0 Å². The third-order valence-corrected chi connectivity index (χ3v) is 10.5. The van der Waals surface area contributed by atoms with Gasteiger partial charge in [0.2, 0.25) is 0 Å². The van der Waals surface area contributed by atoms with Gasteiger partial charge in [-0.3, -0.25) is 9.59 Å². The highest BCUT2D eigenvalue weighted by Gasteiger charge is 2.81. The first-order valence-corrected chi connectivity index (χ1v) is 16.2. The highest BCUT2D eigenvalue weighted by Crippen LogP contribution is 2.68. The summed E-state index contributed by atoms with van der Waals surface area (Å²) in [6.07, 6.45) is 13.4. The maximum absolute atomic E-state index is 14.7. The molecule has 2 N–H and O–H groups in total. The van der Waals surface area contributed by atoms with Crippen molar-refractivity contribution in [3.8, 4) is 17.2 Å². The molecule has 3 aliphatic heterocycles. The van der Waals surface area contributed by atoms with E-state index >= 15 is 0 Å². The van der Waals surface area contributed by atoms with Crippen LogP contribution in [0.5, 0.6) is 17.2 Å². The van der Waals surface area contributed by atoms with Gasteiger partial charge in [0.15, 0.2) is 22.8 Å². The molecule has 3 aliphatic carbocycles. The van der Waals surface area contributed by atoms with E-state index in [2.05, 4.69) is 19.9 Å². The number of phenols is 1. The van der Waals surface area contributed by atoms with E-state index in [0.717, 1.165) is 12.0 Å². The third kappa shape index (κ3) is 4.47. The van der Waals surface area contributed by atoms with Crippen LogP contribution in [0.1, 0.15) is 103 Å². The number of Topliss-reactive ketones (excluding diaryl/α,β-unsaturated/α-hetero) is 2. The van der Waals surface area contributed by atoms with Crippen LogP contribution in [0.15, 0.2) is 52.7 Å². The number of ketones is 2. The lowest BCUT2D eigenvalue weighted by molar-refractivity contribution is -0.171. The van der Waals surface area contributed by atoms with E-state index in [9.17, 15) is 24.6 Å². The molecule has 6 aliphatic rings. The minimum Gasteiger partial charge on any atom is -0.506 e. The maximum atomic E-state index is 14.7. The van der Waals surface area contributed by atoms with E-state index < -0.39 is 40.1 Å². The largest absolute Gasteiger partial charge is 0.506 e. The van der Waals surface area contributed by atoms with Crippen LogP contribution < -0.4 is 9.47 Å². The zero-order valence-corrected chi connectivity index (χ0v) is 28.0. The number of hydrogen-bond donors (Lipinski definition) is 2. The number of carboxylic acid groups (broad SMARTS) is 1. The van der Waals surface area contributed by atoms with E-state index in [1.807, 2.05) is 52.8 Å². The van der Waals surface area contributed by atoms with Gasteiger partial charge in [-0.25, -0.2) is 4.79 Å². The van der Waals surface area contributed by atoms with E-state index in [1.54, 1.807) is 6.08 Å². The normalized spacial score (nSPS) is 31.2. The zero-order chi connectivity index (χ0) is 33.6. The number of allylic oxidation sites excluding steroid dienone is 5. The van der Waals surface area contributed by atoms with E-state index in [-0.39, 0.29) is 40.8 Å². The second kappa shape index (κ2) is 10.6. The van der Waals surface area contributed by atoms with Crippen molar-refractivity contribution in [2.75, 3.05) is 0 Å². The lowest BCUT2D eigenvalue weighted by Gasteiger charge is -2.56. The second-order valence-corrected chi connectivity index (χ2v) is 14.8. The van der Waals surface area contributed by atoms with Crippen LogP contribution >= 0.6 is 0 Å². The van der Waals surface area contributed by atoms with Crippen LogP contribution in [0.25, 0.3) is 6.08 Å². The number of carboxylic acids is 1. The molecule has 46 heavy (non-hydrogen) atoms. The van der Waals surface area contributed by atoms with Crippen LogP contribution in [0.4, 0.5) is 0 Å². The summed E-state index contributed by atoms with van der Waals surface area (Å²) in [5.41, 5.74) is -0.952. The topological polar surface area (TPSA) is 119 Å². The number of aromatic hydroxyl groups is 1. The summed E-state index contributed by atoms with van der Waals surface area (Å²) in [4.78, 5) is 40.8. The van der Waals surface area contributed by atoms with E-state index in [4.69, 9.17) is 14.2 Å². The summed E-state index contributed by atoms with van der Waals surface area (Å²) >= 11 is 0. The molecule has 4 unspecified atom stereocenters. The molecule has 0 amide bonds. The van der Waals surface area contributed by atoms with Gasteiger partial charge in [0.1, 0.15) is 28.4 Å². The molecule has 0 radical (unpaired) electrons. The molecule has 8 nitrogen and oxygen atoms in total. The molecule has 5 atom stereocenters. The Bertz CT molecular complexity index is 1730. The molecule has 1 spiro atoms. The number of phenolic OH excluding ortho intramolecular Hbond substituents is 1. The Morgan fingerprint density at radius 2 is 1.70 bits per heavy atom. The molecule has 244 valence electrons. The van der Waals surface area contributed by atoms with E-state index in [0.29, 0.717) is 41.7 Å². The molecule has 1 aromatic carbocycles. The van der Waals surface area contributed by atoms with Gasteiger partial charge < -0.3 is 24.4 Å². The highest BCUT2D eigenvalue weighted by molar-refractivity contribution is 6.19. The van der Waals surface area contributed by atoms with Gasteiger partial charge in [-0.1, -0.05) is 35.5 Å². The quantitative estimate of drug-likeness (QED) is 0.228. The number of rotatable bonds is 8. The number of carbonyl (C=O) groups excluding carboxylic acids is 2. The van der Waals surface area contributed by atoms with Crippen LogP contribution in [-0.2, 0) is 20.7 Å². The van der Waals surface area contributed by atoms with Crippen molar-refractivity contribution in [2.45, 2.75) is 110 Å². The minimum atomic E-state index is -1.63. The first-order valence-electron chi connectivity index (χ1n) is 16.2. The van der Waals surface area contributed by atoms with Crippen LogP contribution in [0.3, 0.4) is 0 Å². The van der Waals surface area contributed by atoms with Crippen LogP contribution in [0.2, 0.25) is 0 Å². The van der Waals surface area contributed by atoms with Crippen molar-refractivity contribution in [1.82, 2.24) is 0 Å². The first-order chi connectivity index (χ1) is 21.5. The van der Waals surface area contributed by atoms with Crippen molar-refractivity contribution >= 4 is 23.6 Å². The lowest BCUT2D eigenvalue weighted by Crippen LogP contribution is -2.72. The van der Waals surface area contributed by atoms with Gasteiger partial charge in [-0.15, -0.1) is 0 Å². The number of aliphatic carboxylic acids is 1. The maximum Gasteiger partial charge on any atom is 0.330 e. The molecule has 7 rings (SSSR count). The second-order valence-electron chi connectivity index (χ2n) is 14.8. The summed E-state index contributed by atoms with van der Waals surface area (Å²) in [5, 5.41) is 21.4. The molecule has 1 saturated heterocycles. The minimum absolute atomic E-state index is 0.0544.